The van der Waals surface area contributed by atoms with Crippen LogP contribution in [0.2, 0.25) is 0 Å². The van der Waals surface area contributed by atoms with E-state index in [9.17, 15) is 9.59 Å². The van der Waals surface area contributed by atoms with Crippen LogP contribution in [0.3, 0.4) is 0 Å². The first-order valence-corrected chi connectivity index (χ1v) is 6.56. The summed E-state index contributed by atoms with van der Waals surface area (Å²) in [4.78, 5) is 24.5. The Morgan fingerprint density at radius 1 is 1.42 bits per heavy atom. The van der Waals surface area contributed by atoms with Crippen LogP contribution < -0.4 is 0 Å². The molecular weight excluding hydrogens is 250 g/mol. The first kappa shape index (κ1) is 15.8. The van der Waals surface area contributed by atoms with Gasteiger partial charge in [0.15, 0.2) is 0 Å². The standard InChI is InChI=1S/C13H23NO5/c1-13(2,3)19-12(18)14-6-4-9(8-14)10(5-7-15)11(16)17/h9-10,15H,4-8H2,1-3H3,(H,16,17). The molecule has 1 aliphatic heterocycles. The molecule has 1 fully saturated rings. The molecule has 2 N–H and O–H groups in total. The molecule has 0 spiro atoms. The molecule has 1 saturated heterocycles. The second-order valence-corrected chi connectivity index (χ2v) is 5.93. The van der Waals surface area contributed by atoms with Crippen molar-refractivity contribution in [2.75, 3.05) is 19.7 Å². The minimum Gasteiger partial charge on any atom is -0.481 e. The van der Waals surface area contributed by atoms with Crippen molar-refractivity contribution in [3.8, 4) is 0 Å². The summed E-state index contributed by atoms with van der Waals surface area (Å²) in [5.74, 6) is -1.63. The highest BCUT2D eigenvalue weighted by molar-refractivity contribution is 5.71. The van der Waals surface area contributed by atoms with E-state index in [0.29, 0.717) is 19.5 Å². The number of rotatable bonds is 4. The summed E-state index contributed by atoms with van der Waals surface area (Å²) in [5, 5.41) is 18.0. The highest BCUT2D eigenvalue weighted by Gasteiger charge is 2.36. The fourth-order valence-corrected chi connectivity index (χ4v) is 2.31. The van der Waals surface area contributed by atoms with Gasteiger partial charge >= 0.3 is 12.1 Å². The number of carboxylic acids is 1. The van der Waals surface area contributed by atoms with Gasteiger partial charge in [-0.3, -0.25) is 4.79 Å². The Kier molecular flexibility index (Phi) is 5.17. The van der Waals surface area contributed by atoms with Crippen LogP contribution in [0.15, 0.2) is 0 Å². The van der Waals surface area contributed by atoms with Gasteiger partial charge in [-0.05, 0) is 39.5 Å². The number of aliphatic hydroxyl groups is 1. The first-order valence-electron chi connectivity index (χ1n) is 6.56. The number of carbonyl (C=O) groups is 2. The number of carboxylic acid groups (broad SMARTS) is 1. The van der Waals surface area contributed by atoms with Crippen molar-refractivity contribution >= 4 is 12.1 Å². The van der Waals surface area contributed by atoms with Crippen LogP contribution in [-0.4, -0.2) is 52.5 Å². The molecular formula is C13H23NO5. The summed E-state index contributed by atoms with van der Waals surface area (Å²) in [6.07, 6.45) is 0.460. The van der Waals surface area contributed by atoms with Gasteiger partial charge in [0.2, 0.25) is 0 Å². The number of hydrogen-bond acceptors (Lipinski definition) is 4. The maximum Gasteiger partial charge on any atom is 0.410 e. The number of amides is 1. The van der Waals surface area contributed by atoms with Crippen LogP contribution in [0, 0.1) is 11.8 Å². The van der Waals surface area contributed by atoms with Crippen LogP contribution in [-0.2, 0) is 9.53 Å². The van der Waals surface area contributed by atoms with E-state index in [1.54, 1.807) is 25.7 Å². The van der Waals surface area contributed by atoms with Crippen LogP contribution in [0.4, 0.5) is 4.79 Å². The van der Waals surface area contributed by atoms with Crippen molar-refractivity contribution in [1.82, 2.24) is 4.90 Å². The summed E-state index contributed by atoms with van der Waals surface area (Å²) in [6.45, 7) is 6.12. The molecule has 1 aliphatic rings. The highest BCUT2D eigenvalue weighted by Crippen LogP contribution is 2.27. The van der Waals surface area contributed by atoms with Gasteiger partial charge in [-0.2, -0.15) is 0 Å². The quantitative estimate of drug-likeness (QED) is 0.806. The molecule has 0 saturated carbocycles. The van der Waals surface area contributed by atoms with Crippen molar-refractivity contribution in [2.24, 2.45) is 11.8 Å². The van der Waals surface area contributed by atoms with Crippen LogP contribution in [0.25, 0.3) is 0 Å². The molecule has 2 atom stereocenters. The Balaban J connectivity index is 2.57. The van der Waals surface area contributed by atoms with Crippen molar-refractivity contribution in [1.29, 1.82) is 0 Å². The molecule has 0 radical (unpaired) electrons. The maximum atomic E-state index is 11.9. The van der Waals surface area contributed by atoms with E-state index >= 15 is 0 Å². The van der Waals surface area contributed by atoms with E-state index in [0.717, 1.165) is 0 Å². The average Bonchev–Trinajstić information content (AvgIpc) is 2.72. The molecule has 0 aromatic heterocycles. The number of ether oxygens (including phenoxy) is 1. The Hall–Kier alpha value is -1.30. The fourth-order valence-electron chi connectivity index (χ4n) is 2.31. The van der Waals surface area contributed by atoms with Gasteiger partial charge < -0.3 is 19.8 Å². The van der Waals surface area contributed by atoms with Crippen molar-refractivity contribution in [3.05, 3.63) is 0 Å². The van der Waals surface area contributed by atoms with E-state index in [2.05, 4.69) is 0 Å². The van der Waals surface area contributed by atoms with Gasteiger partial charge in [0.25, 0.3) is 0 Å². The highest BCUT2D eigenvalue weighted by atomic mass is 16.6. The Bertz CT molecular complexity index is 336. The van der Waals surface area contributed by atoms with Gasteiger partial charge in [-0.1, -0.05) is 0 Å². The van der Waals surface area contributed by atoms with Crippen LogP contribution in [0.5, 0.6) is 0 Å². The summed E-state index contributed by atoms with van der Waals surface area (Å²) >= 11 is 0. The molecule has 6 heteroatoms. The summed E-state index contributed by atoms with van der Waals surface area (Å²) in [6, 6.07) is 0. The molecule has 19 heavy (non-hydrogen) atoms. The normalized spacial score (nSPS) is 21.3. The molecule has 1 amide bonds. The number of hydrogen-bond donors (Lipinski definition) is 2. The van der Waals surface area contributed by atoms with Crippen LogP contribution >= 0.6 is 0 Å². The Labute approximate surface area is 113 Å². The summed E-state index contributed by atoms with van der Waals surface area (Å²) in [5.41, 5.74) is -0.549. The minimum absolute atomic E-state index is 0.114. The molecule has 0 bridgehead atoms. The number of aliphatic hydroxyl groups excluding tert-OH is 1. The molecule has 1 rings (SSSR count). The third-order valence-corrected chi connectivity index (χ3v) is 3.20. The van der Waals surface area contributed by atoms with E-state index in [1.807, 2.05) is 0 Å². The molecule has 2 unspecified atom stereocenters. The van der Waals surface area contributed by atoms with Gasteiger partial charge in [-0.25, -0.2) is 4.79 Å². The van der Waals surface area contributed by atoms with Gasteiger partial charge in [0.1, 0.15) is 5.60 Å². The Morgan fingerprint density at radius 2 is 2.05 bits per heavy atom. The molecule has 1 heterocycles. The molecule has 0 aromatic rings. The van der Waals surface area contributed by atoms with Crippen molar-refractivity contribution in [3.63, 3.8) is 0 Å². The zero-order chi connectivity index (χ0) is 14.6. The number of nitrogens with zero attached hydrogens (tertiary/aromatic N) is 1. The molecule has 0 aromatic carbocycles. The summed E-state index contributed by atoms with van der Waals surface area (Å²) < 4.78 is 5.26. The van der Waals surface area contributed by atoms with Crippen molar-refractivity contribution in [2.45, 2.75) is 39.2 Å². The van der Waals surface area contributed by atoms with Gasteiger partial charge in [0.05, 0.1) is 5.92 Å². The minimum atomic E-state index is -0.912. The van der Waals surface area contributed by atoms with Gasteiger partial charge in [-0.15, -0.1) is 0 Å². The molecule has 0 aliphatic carbocycles. The number of carbonyl (C=O) groups excluding carboxylic acids is 1. The predicted octanol–water partition coefficient (Wildman–Crippen LogP) is 1.33. The van der Waals surface area contributed by atoms with Gasteiger partial charge in [0, 0.05) is 19.7 Å². The topological polar surface area (TPSA) is 87.1 Å². The lowest BCUT2D eigenvalue weighted by Crippen LogP contribution is -2.36. The lowest BCUT2D eigenvalue weighted by atomic mass is 9.89. The van der Waals surface area contributed by atoms with E-state index in [4.69, 9.17) is 14.9 Å². The lowest BCUT2D eigenvalue weighted by molar-refractivity contribution is -0.144. The monoisotopic (exact) mass is 273 g/mol. The zero-order valence-electron chi connectivity index (χ0n) is 11.8. The number of likely N-dealkylation sites (tertiary alicyclic amines) is 1. The number of aliphatic carboxylic acids is 1. The van der Waals surface area contributed by atoms with Crippen molar-refractivity contribution < 1.29 is 24.5 Å². The van der Waals surface area contributed by atoms with Crippen LogP contribution in [0.1, 0.15) is 33.6 Å². The summed E-state index contributed by atoms with van der Waals surface area (Å²) in [7, 11) is 0. The zero-order valence-corrected chi connectivity index (χ0v) is 11.8. The second kappa shape index (κ2) is 6.23. The SMILES string of the molecule is CC(C)(C)OC(=O)N1CCC(C(CCO)C(=O)O)C1. The van der Waals surface area contributed by atoms with E-state index in [-0.39, 0.29) is 18.9 Å². The second-order valence-electron chi connectivity index (χ2n) is 5.93. The van der Waals surface area contributed by atoms with E-state index < -0.39 is 23.6 Å². The lowest BCUT2D eigenvalue weighted by Gasteiger charge is -2.25. The fraction of sp³-hybridized carbons (Fsp3) is 0.846. The molecule has 6 nitrogen and oxygen atoms in total. The van der Waals surface area contributed by atoms with E-state index in [1.165, 1.54) is 0 Å². The Morgan fingerprint density at radius 3 is 2.53 bits per heavy atom. The maximum absolute atomic E-state index is 11.9. The molecule has 110 valence electrons. The predicted molar refractivity (Wildman–Crippen MR) is 68.7 cm³/mol. The smallest absolute Gasteiger partial charge is 0.410 e. The third-order valence-electron chi connectivity index (χ3n) is 3.20. The first-order chi connectivity index (χ1) is 8.74. The average molecular weight is 273 g/mol. The largest absolute Gasteiger partial charge is 0.481 e. The third kappa shape index (κ3) is 4.70.